The van der Waals surface area contributed by atoms with E-state index in [2.05, 4.69) is 14.6 Å². The van der Waals surface area contributed by atoms with Crippen molar-refractivity contribution in [2.45, 2.75) is 43.4 Å². The molecule has 0 amide bonds. The normalized spacial score (nSPS) is 17.9. The largest absolute Gasteiger partial charge is 0.390 e. The lowest BCUT2D eigenvalue weighted by Crippen LogP contribution is -2.41. The Balaban J connectivity index is 1.93. The number of likely N-dealkylation sites (N-methyl/N-ethyl adjacent to an activating group) is 1. The Morgan fingerprint density at radius 2 is 2.26 bits per heavy atom. The van der Waals surface area contributed by atoms with Crippen molar-refractivity contribution in [1.82, 2.24) is 14.6 Å². The van der Waals surface area contributed by atoms with Gasteiger partial charge in [0.2, 0.25) is 10.0 Å². The van der Waals surface area contributed by atoms with Crippen LogP contribution in [-0.2, 0) is 16.6 Å². The third-order valence-corrected chi connectivity index (χ3v) is 4.99. The van der Waals surface area contributed by atoms with Gasteiger partial charge in [0.1, 0.15) is 0 Å². The summed E-state index contributed by atoms with van der Waals surface area (Å²) in [6.45, 7) is 2.20. The maximum atomic E-state index is 12.0. The van der Waals surface area contributed by atoms with Gasteiger partial charge in [0.05, 0.1) is 11.5 Å². The number of aliphatic hydroxyl groups is 1. The predicted molar refractivity (Wildman–Crippen MR) is 72.2 cm³/mol. The zero-order chi connectivity index (χ0) is 14.0. The standard InChI is InChI=1S/C12H21N3O3S/c1-9(15(2)11-3-4-11)6-14-19(17,18)12-5-10(8-16)13-7-12/h5,7,9,11,13-14,16H,3-4,6,8H2,1-2H3. The second-order valence-corrected chi connectivity index (χ2v) is 6.88. The minimum Gasteiger partial charge on any atom is -0.390 e. The molecule has 108 valence electrons. The lowest BCUT2D eigenvalue weighted by molar-refractivity contribution is 0.248. The van der Waals surface area contributed by atoms with E-state index in [1.165, 1.54) is 25.1 Å². The molecule has 1 saturated carbocycles. The van der Waals surface area contributed by atoms with Crippen LogP contribution in [0.2, 0.25) is 0 Å². The van der Waals surface area contributed by atoms with Gasteiger partial charge in [-0.2, -0.15) is 0 Å². The van der Waals surface area contributed by atoms with E-state index in [0.717, 1.165) is 0 Å². The number of aromatic nitrogens is 1. The average Bonchev–Trinajstić information content (AvgIpc) is 3.11. The van der Waals surface area contributed by atoms with Crippen molar-refractivity contribution < 1.29 is 13.5 Å². The fraction of sp³-hybridized carbons (Fsp3) is 0.667. The second kappa shape index (κ2) is 5.62. The molecule has 1 heterocycles. The highest BCUT2D eigenvalue weighted by Gasteiger charge is 2.29. The van der Waals surface area contributed by atoms with Gasteiger partial charge in [-0.1, -0.05) is 0 Å². The van der Waals surface area contributed by atoms with E-state index in [1.54, 1.807) is 0 Å². The average molecular weight is 287 g/mol. The Morgan fingerprint density at radius 1 is 1.58 bits per heavy atom. The number of hydrogen-bond donors (Lipinski definition) is 3. The number of nitrogens with one attached hydrogen (secondary N) is 2. The van der Waals surface area contributed by atoms with Crippen LogP contribution in [0.5, 0.6) is 0 Å². The van der Waals surface area contributed by atoms with E-state index in [9.17, 15) is 8.42 Å². The number of aromatic amines is 1. The minimum atomic E-state index is -3.50. The highest BCUT2D eigenvalue weighted by molar-refractivity contribution is 7.89. The van der Waals surface area contributed by atoms with Crippen LogP contribution >= 0.6 is 0 Å². The highest BCUT2D eigenvalue weighted by Crippen LogP contribution is 2.26. The van der Waals surface area contributed by atoms with Crippen molar-refractivity contribution in [3.05, 3.63) is 18.0 Å². The first-order valence-corrected chi connectivity index (χ1v) is 7.92. The second-order valence-electron chi connectivity index (χ2n) is 5.12. The summed E-state index contributed by atoms with van der Waals surface area (Å²) < 4.78 is 26.7. The summed E-state index contributed by atoms with van der Waals surface area (Å²) in [5.41, 5.74) is 0.489. The van der Waals surface area contributed by atoms with Crippen LogP contribution in [0.1, 0.15) is 25.5 Å². The third kappa shape index (κ3) is 3.56. The molecular formula is C12H21N3O3S. The zero-order valence-corrected chi connectivity index (χ0v) is 12.1. The molecule has 7 heteroatoms. The predicted octanol–water partition coefficient (Wildman–Crippen LogP) is 0.268. The Bertz CT molecular complexity index is 522. The molecule has 0 aliphatic heterocycles. The van der Waals surface area contributed by atoms with Crippen LogP contribution < -0.4 is 4.72 Å². The summed E-state index contributed by atoms with van der Waals surface area (Å²) >= 11 is 0. The summed E-state index contributed by atoms with van der Waals surface area (Å²) in [5.74, 6) is 0. The van der Waals surface area contributed by atoms with Gasteiger partial charge >= 0.3 is 0 Å². The molecule has 1 aliphatic rings. The van der Waals surface area contributed by atoms with E-state index >= 15 is 0 Å². The van der Waals surface area contributed by atoms with Gasteiger partial charge in [0.15, 0.2) is 0 Å². The Morgan fingerprint density at radius 3 is 2.79 bits per heavy atom. The number of hydrogen-bond acceptors (Lipinski definition) is 4. The van der Waals surface area contributed by atoms with Crippen LogP contribution in [-0.4, -0.2) is 49.1 Å². The van der Waals surface area contributed by atoms with Crippen molar-refractivity contribution in [2.24, 2.45) is 0 Å². The number of H-pyrrole nitrogens is 1. The van der Waals surface area contributed by atoms with Crippen molar-refractivity contribution in [3.8, 4) is 0 Å². The highest BCUT2D eigenvalue weighted by atomic mass is 32.2. The van der Waals surface area contributed by atoms with Gasteiger partial charge in [-0.3, -0.25) is 4.90 Å². The minimum absolute atomic E-state index is 0.165. The number of rotatable bonds is 7. The lowest BCUT2D eigenvalue weighted by atomic mass is 10.3. The summed E-state index contributed by atoms with van der Waals surface area (Å²) in [6, 6.07) is 2.21. The first kappa shape index (κ1) is 14.5. The quantitative estimate of drug-likeness (QED) is 0.672. The van der Waals surface area contributed by atoms with Gasteiger partial charge in [0, 0.05) is 30.5 Å². The molecule has 2 rings (SSSR count). The third-order valence-electron chi connectivity index (χ3n) is 3.58. The molecule has 0 aromatic carbocycles. The van der Waals surface area contributed by atoms with Gasteiger partial charge in [0.25, 0.3) is 0 Å². The van der Waals surface area contributed by atoms with Gasteiger partial charge in [-0.05, 0) is 32.9 Å². The molecule has 1 unspecified atom stereocenters. The zero-order valence-electron chi connectivity index (χ0n) is 11.3. The molecule has 1 aromatic heterocycles. The number of sulfonamides is 1. The maximum absolute atomic E-state index is 12.0. The molecule has 1 atom stereocenters. The van der Waals surface area contributed by atoms with E-state index in [1.807, 2.05) is 14.0 Å². The number of nitrogens with zero attached hydrogens (tertiary/aromatic N) is 1. The number of aliphatic hydroxyl groups excluding tert-OH is 1. The smallest absolute Gasteiger partial charge is 0.242 e. The molecule has 0 radical (unpaired) electrons. The summed E-state index contributed by atoms with van der Waals surface area (Å²) in [6.07, 6.45) is 3.79. The van der Waals surface area contributed by atoms with Crippen LogP contribution in [0.3, 0.4) is 0 Å². The fourth-order valence-electron chi connectivity index (χ4n) is 1.96. The fourth-order valence-corrected chi connectivity index (χ4v) is 3.10. The Labute approximate surface area is 113 Å². The van der Waals surface area contributed by atoms with E-state index in [0.29, 0.717) is 18.3 Å². The van der Waals surface area contributed by atoms with Crippen molar-refractivity contribution >= 4 is 10.0 Å². The van der Waals surface area contributed by atoms with Crippen molar-refractivity contribution in [2.75, 3.05) is 13.6 Å². The Kier molecular flexibility index (Phi) is 4.29. The van der Waals surface area contributed by atoms with Gasteiger partial charge in [-0.25, -0.2) is 13.1 Å². The molecule has 19 heavy (non-hydrogen) atoms. The maximum Gasteiger partial charge on any atom is 0.242 e. The van der Waals surface area contributed by atoms with E-state index < -0.39 is 10.0 Å². The Hall–Kier alpha value is -0.890. The van der Waals surface area contributed by atoms with E-state index in [-0.39, 0.29) is 17.5 Å². The molecule has 6 nitrogen and oxygen atoms in total. The van der Waals surface area contributed by atoms with Crippen molar-refractivity contribution in [3.63, 3.8) is 0 Å². The van der Waals surface area contributed by atoms with E-state index in [4.69, 9.17) is 5.11 Å². The molecule has 0 bridgehead atoms. The first-order chi connectivity index (χ1) is 8.94. The monoisotopic (exact) mass is 287 g/mol. The van der Waals surface area contributed by atoms with Gasteiger partial charge in [-0.15, -0.1) is 0 Å². The molecule has 1 aliphatic carbocycles. The summed E-state index contributed by atoms with van der Waals surface area (Å²) in [5, 5.41) is 8.92. The SMILES string of the molecule is CC(CNS(=O)(=O)c1c[nH]c(CO)c1)N(C)C1CC1. The van der Waals surface area contributed by atoms with Crippen LogP contribution in [0.4, 0.5) is 0 Å². The molecule has 1 fully saturated rings. The van der Waals surface area contributed by atoms with Gasteiger partial charge < -0.3 is 10.1 Å². The molecule has 0 spiro atoms. The van der Waals surface area contributed by atoms with Crippen molar-refractivity contribution in [1.29, 1.82) is 0 Å². The molecule has 0 saturated heterocycles. The molecule has 1 aromatic rings. The van der Waals surface area contributed by atoms with Crippen LogP contribution in [0.25, 0.3) is 0 Å². The summed E-state index contributed by atoms with van der Waals surface area (Å²) in [7, 11) is -1.48. The summed E-state index contributed by atoms with van der Waals surface area (Å²) in [4.78, 5) is 5.09. The van der Waals surface area contributed by atoms with Crippen LogP contribution in [0.15, 0.2) is 17.2 Å². The molecule has 3 N–H and O–H groups in total. The topological polar surface area (TPSA) is 85.4 Å². The molecular weight excluding hydrogens is 266 g/mol. The lowest BCUT2D eigenvalue weighted by Gasteiger charge is -2.24. The first-order valence-electron chi connectivity index (χ1n) is 6.44. The van der Waals surface area contributed by atoms with Crippen LogP contribution in [0, 0.1) is 0 Å².